The van der Waals surface area contributed by atoms with Gasteiger partial charge in [-0.25, -0.2) is 0 Å². The Morgan fingerprint density at radius 2 is 1.70 bits per heavy atom. The first kappa shape index (κ1) is 15.2. The molecule has 0 saturated carbocycles. The Bertz CT molecular complexity index is 835. The van der Waals surface area contributed by atoms with Gasteiger partial charge in [-0.05, 0) is 49.2 Å². The maximum atomic E-state index is 5.97. The molecule has 23 heavy (non-hydrogen) atoms. The maximum absolute atomic E-state index is 5.97. The number of anilines is 4. The van der Waals surface area contributed by atoms with Crippen molar-refractivity contribution in [2.75, 3.05) is 10.6 Å². The Morgan fingerprint density at radius 1 is 0.913 bits per heavy atom. The van der Waals surface area contributed by atoms with Crippen LogP contribution in [-0.4, -0.2) is 15.2 Å². The van der Waals surface area contributed by atoms with Gasteiger partial charge >= 0.3 is 0 Å². The van der Waals surface area contributed by atoms with E-state index in [4.69, 9.17) is 11.6 Å². The Balaban J connectivity index is 1.81. The molecule has 2 aromatic carbocycles. The summed E-state index contributed by atoms with van der Waals surface area (Å²) in [4.78, 5) is 4.44. The molecule has 3 aromatic rings. The first-order chi connectivity index (χ1) is 11.1. The lowest BCUT2D eigenvalue weighted by Crippen LogP contribution is -2.03. The van der Waals surface area contributed by atoms with Gasteiger partial charge in [0.25, 0.3) is 0 Å². The molecule has 116 valence electrons. The average molecular weight is 326 g/mol. The molecule has 5 nitrogen and oxygen atoms in total. The number of nitrogens with zero attached hydrogens (tertiary/aromatic N) is 3. The number of hydrogen-bond acceptors (Lipinski definition) is 5. The molecule has 0 unspecified atom stereocenters. The zero-order valence-corrected chi connectivity index (χ0v) is 13.6. The van der Waals surface area contributed by atoms with Gasteiger partial charge < -0.3 is 10.6 Å². The molecule has 2 N–H and O–H groups in total. The quantitative estimate of drug-likeness (QED) is 0.732. The number of rotatable bonds is 4. The summed E-state index contributed by atoms with van der Waals surface area (Å²) in [6, 6.07) is 13.6. The van der Waals surface area contributed by atoms with Crippen LogP contribution in [0.15, 0.2) is 48.7 Å². The standard InChI is InChI=1S/C17H16ClN5/c1-11-5-3-4-6-14(11)20-16-10-19-23-17(22-16)21-15-8-7-13(18)9-12(15)2/h3-10H,1-2H3,(H2,20,21,22,23). The summed E-state index contributed by atoms with van der Waals surface area (Å²) in [5.74, 6) is 1.05. The van der Waals surface area contributed by atoms with E-state index < -0.39 is 0 Å². The van der Waals surface area contributed by atoms with Crippen LogP contribution in [0, 0.1) is 13.8 Å². The lowest BCUT2D eigenvalue weighted by atomic mass is 10.2. The molecule has 0 radical (unpaired) electrons. The van der Waals surface area contributed by atoms with Gasteiger partial charge in [0.05, 0.1) is 6.20 Å². The SMILES string of the molecule is Cc1ccccc1Nc1cnnc(Nc2ccc(Cl)cc2C)n1. The second-order valence-electron chi connectivity index (χ2n) is 5.19. The minimum Gasteiger partial charge on any atom is -0.339 e. The van der Waals surface area contributed by atoms with Crippen LogP contribution in [0.3, 0.4) is 0 Å². The smallest absolute Gasteiger partial charge is 0.249 e. The summed E-state index contributed by atoms with van der Waals surface area (Å²) in [5.41, 5.74) is 4.03. The van der Waals surface area contributed by atoms with Crippen LogP contribution in [-0.2, 0) is 0 Å². The molecule has 0 amide bonds. The monoisotopic (exact) mass is 325 g/mol. The Morgan fingerprint density at radius 3 is 2.48 bits per heavy atom. The summed E-state index contributed by atoms with van der Waals surface area (Å²) in [6.45, 7) is 4.00. The van der Waals surface area contributed by atoms with Crippen molar-refractivity contribution >= 4 is 34.7 Å². The van der Waals surface area contributed by atoms with Crippen molar-refractivity contribution in [3.63, 3.8) is 0 Å². The van der Waals surface area contributed by atoms with Gasteiger partial charge in [-0.15, -0.1) is 5.10 Å². The largest absolute Gasteiger partial charge is 0.339 e. The molecule has 6 heteroatoms. The molecular weight excluding hydrogens is 310 g/mol. The highest BCUT2D eigenvalue weighted by molar-refractivity contribution is 6.30. The molecule has 0 saturated heterocycles. The predicted octanol–water partition coefficient (Wildman–Crippen LogP) is 4.63. The van der Waals surface area contributed by atoms with Crippen LogP contribution in [0.1, 0.15) is 11.1 Å². The zero-order chi connectivity index (χ0) is 16.2. The van der Waals surface area contributed by atoms with Gasteiger partial charge in [-0.3, -0.25) is 0 Å². The number of hydrogen-bond donors (Lipinski definition) is 2. The fraction of sp³-hybridized carbons (Fsp3) is 0.118. The van der Waals surface area contributed by atoms with E-state index >= 15 is 0 Å². The van der Waals surface area contributed by atoms with Crippen LogP contribution >= 0.6 is 11.6 Å². The normalized spacial score (nSPS) is 10.4. The highest BCUT2D eigenvalue weighted by Gasteiger charge is 2.05. The number of halogens is 1. The van der Waals surface area contributed by atoms with Gasteiger partial charge in [0.15, 0.2) is 5.82 Å². The van der Waals surface area contributed by atoms with Crippen LogP contribution in [0.25, 0.3) is 0 Å². The Kier molecular flexibility index (Phi) is 4.39. The molecule has 0 bridgehead atoms. The number of benzene rings is 2. The van der Waals surface area contributed by atoms with Gasteiger partial charge in [0.1, 0.15) is 0 Å². The van der Waals surface area contributed by atoms with E-state index in [0.29, 0.717) is 16.8 Å². The number of para-hydroxylation sites is 1. The van der Waals surface area contributed by atoms with Gasteiger partial charge in [-0.2, -0.15) is 10.1 Å². The van der Waals surface area contributed by atoms with E-state index in [1.165, 1.54) is 0 Å². The molecule has 3 rings (SSSR count). The zero-order valence-electron chi connectivity index (χ0n) is 12.8. The molecule has 0 fully saturated rings. The maximum Gasteiger partial charge on any atom is 0.249 e. The van der Waals surface area contributed by atoms with Crippen molar-refractivity contribution < 1.29 is 0 Å². The van der Waals surface area contributed by atoms with Crippen LogP contribution in [0.4, 0.5) is 23.1 Å². The lowest BCUT2D eigenvalue weighted by Gasteiger charge is -2.10. The highest BCUT2D eigenvalue weighted by atomic mass is 35.5. The fourth-order valence-electron chi connectivity index (χ4n) is 2.16. The van der Waals surface area contributed by atoms with Crippen molar-refractivity contribution in [2.24, 2.45) is 0 Å². The fourth-order valence-corrected chi connectivity index (χ4v) is 2.38. The van der Waals surface area contributed by atoms with Crippen molar-refractivity contribution in [3.8, 4) is 0 Å². The number of aromatic nitrogens is 3. The first-order valence-electron chi connectivity index (χ1n) is 7.17. The van der Waals surface area contributed by atoms with Crippen molar-refractivity contribution in [2.45, 2.75) is 13.8 Å². The molecule has 0 spiro atoms. The summed E-state index contributed by atoms with van der Waals surface area (Å²) < 4.78 is 0. The summed E-state index contributed by atoms with van der Waals surface area (Å²) in [6.07, 6.45) is 1.59. The van der Waals surface area contributed by atoms with E-state index in [1.54, 1.807) is 6.20 Å². The van der Waals surface area contributed by atoms with Crippen LogP contribution < -0.4 is 10.6 Å². The molecule has 0 aliphatic heterocycles. The minimum atomic E-state index is 0.425. The van der Waals surface area contributed by atoms with E-state index in [2.05, 4.69) is 25.8 Å². The van der Waals surface area contributed by atoms with E-state index in [-0.39, 0.29) is 0 Å². The topological polar surface area (TPSA) is 62.7 Å². The Hall–Kier alpha value is -2.66. The van der Waals surface area contributed by atoms with E-state index in [1.807, 2.05) is 56.3 Å². The van der Waals surface area contributed by atoms with Crippen LogP contribution in [0.5, 0.6) is 0 Å². The highest BCUT2D eigenvalue weighted by Crippen LogP contribution is 2.23. The molecule has 1 heterocycles. The number of aryl methyl sites for hydroxylation is 2. The Labute approximate surface area is 139 Å². The molecule has 0 aliphatic rings. The number of nitrogens with one attached hydrogen (secondary N) is 2. The van der Waals surface area contributed by atoms with Gasteiger partial charge in [-0.1, -0.05) is 29.8 Å². The molecule has 0 aliphatic carbocycles. The second-order valence-corrected chi connectivity index (χ2v) is 5.63. The van der Waals surface area contributed by atoms with Crippen molar-refractivity contribution in [1.82, 2.24) is 15.2 Å². The third-order valence-corrected chi connectivity index (χ3v) is 3.64. The lowest BCUT2D eigenvalue weighted by molar-refractivity contribution is 0.981. The predicted molar refractivity (Wildman–Crippen MR) is 93.8 cm³/mol. The summed E-state index contributed by atoms with van der Waals surface area (Å²) >= 11 is 5.97. The van der Waals surface area contributed by atoms with E-state index in [0.717, 1.165) is 22.5 Å². The third-order valence-electron chi connectivity index (χ3n) is 3.40. The third kappa shape index (κ3) is 3.76. The van der Waals surface area contributed by atoms with Crippen molar-refractivity contribution in [3.05, 3.63) is 64.8 Å². The second kappa shape index (κ2) is 6.62. The van der Waals surface area contributed by atoms with E-state index in [9.17, 15) is 0 Å². The van der Waals surface area contributed by atoms with Gasteiger partial charge in [0.2, 0.25) is 5.95 Å². The molecule has 0 atom stereocenters. The van der Waals surface area contributed by atoms with Gasteiger partial charge in [0, 0.05) is 16.4 Å². The van der Waals surface area contributed by atoms with Crippen molar-refractivity contribution in [1.29, 1.82) is 0 Å². The molecule has 1 aromatic heterocycles. The molecular formula is C17H16ClN5. The minimum absolute atomic E-state index is 0.425. The average Bonchev–Trinajstić information content (AvgIpc) is 2.53. The van der Waals surface area contributed by atoms with Crippen LogP contribution in [0.2, 0.25) is 5.02 Å². The summed E-state index contributed by atoms with van der Waals surface area (Å²) in [5, 5.41) is 15.1. The first-order valence-corrected chi connectivity index (χ1v) is 7.55. The summed E-state index contributed by atoms with van der Waals surface area (Å²) in [7, 11) is 0.